The number of aryl methyl sites for hydroxylation is 1. The molecule has 2 N–H and O–H groups in total. The highest BCUT2D eigenvalue weighted by Crippen LogP contribution is 2.26. The van der Waals surface area contributed by atoms with Crippen LogP contribution in [0.15, 0.2) is 36.5 Å². The molecule has 1 aromatic heterocycles. The number of hydrogen-bond acceptors (Lipinski definition) is 4. The summed E-state index contributed by atoms with van der Waals surface area (Å²) in [5, 5.41) is 5.29. The van der Waals surface area contributed by atoms with E-state index >= 15 is 0 Å². The molecule has 1 aliphatic rings. The summed E-state index contributed by atoms with van der Waals surface area (Å²) in [5.41, 5.74) is 2.08. The molecule has 7 heteroatoms. The summed E-state index contributed by atoms with van der Waals surface area (Å²) in [5.74, 6) is -0.0118. The van der Waals surface area contributed by atoms with E-state index in [9.17, 15) is 14.4 Å². The van der Waals surface area contributed by atoms with Gasteiger partial charge in [-0.1, -0.05) is 13.8 Å². The fraction of sp³-hybridized carbons (Fsp3) is 0.263. The van der Waals surface area contributed by atoms with E-state index in [4.69, 9.17) is 0 Å². The molecule has 0 spiro atoms. The lowest BCUT2D eigenvalue weighted by Crippen LogP contribution is -2.33. The number of imide groups is 1. The monoisotopic (exact) mass is 352 g/mol. The Morgan fingerprint density at radius 3 is 2.50 bits per heavy atom. The van der Waals surface area contributed by atoms with Crippen LogP contribution in [0.4, 0.5) is 16.3 Å². The summed E-state index contributed by atoms with van der Waals surface area (Å²) in [6.45, 7) is 6.16. The Hall–Kier alpha value is -3.22. The summed E-state index contributed by atoms with van der Waals surface area (Å²) >= 11 is 0. The van der Waals surface area contributed by atoms with Gasteiger partial charge in [-0.05, 0) is 48.7 Å². The number of rotatable bonds is 4. The Morgan fingerprint density at radius 2 is 1.81 bits per heavy atom. The number of pyridine rings is 1. The second kappa shape index (κ2) is 6.95. The van der Waals surface area contributed by atoms with Crippen molar-refractivity contribution in [2.45, 2.75) is 20.8 Å². The van der Waals surface area contributed by atoms with Crippen LogP contribution >= 0.6 is 0 Å². The first-order valence-electron chi connectivity index (χ1n) is 8.36. The first kappa shape index (κ1) is 17.6. The second-order valence-corrected chi connectivity index (χ2v) is 6.67. The smallest absolute Gasteiger partial charge is 0.308 e. The maximum atomic E-state index is 12.5. The Kier molecular flexibility index (Phi) is 4.71. The topological polar surface area (TPSA) is 91.4 Å². The molecule has 0 saturated heterocycles. The normalized spacial score (nSPS) is 13.2. The third kappa shape index (κ3) is 3.56. The number of anilines is 2. The van der Waals surface area contributed by atoms with Crippen molar-refractivity contribution in [1.82, 2.24) is 9.88 Å². The third-order valence-electron chi connectivity index (χ3n) is 3.93. The van der Waals surface area contributed by atoms with Gasteiger partial charge in [-0.15, -0.1) is 0 Å². The molecule has 1 aromatic carbocycles. The molecule has 4 amide bonds. The summed E-state index contributed by atoms with van der Waals surface area (Å²) in [4.78, 5) is 42.3. The molecule has 0 bridgehead atoms. The van der Waals surface area contributed by atoms with E-state index in [0.717, 1.165) is 5.56 Å². The van der Waals surface area contributed by atoms with Gasteiger partial charge < -0.3 is 5.32 Å². The number of benzene rings is 1. The number of aromatic nitrogens is 1. The van der Waals surface area contributed by atoms with Crippen LogP contribution in [0.3, 0.4) is 0 Å². The lowest BCUT2D eigenvalue weighted by Gasteiger charge is -2.15. The van der Waals surface area contributed by atoms with Crippen LogP contribution in [0, 0.1) is 12.8 Å². The summed E-state index contributed by atoms with van der Waals surface area (Å²) in [6, 6.07) is 7.80. The van der Waals surface area contributed by atoms with Gasteiger partial charge in [0, 0.05) is 18.4 Å². The second-order valence-electron chi connectivity index (χ2n) is 6.67. The van der Waals surface area contributed by atoms with Crippen LogP contribution in [0.25, 0.3) is 0 Å². The molecule has 134 valence electrons. The minimum absolute atomic E-state index is 0.183. The van der Waals surface area contributed by atoms with Crippen LogP contribution in [0.5, 0.6) is 0 Å². The van der Waals surface area contributed by atoms with Crippen molar-refractivity contribution < 1.29 is 14.4 Å². The average Bonchev–Trinajstić information content (AvgIpc) is 2.79. The average molecular weight is 352 g/mol. The molecule has 7 nitrogen and oxygen atoms in total. The molecule has 0 unspecified atom stereocenters. The highest BCUT2D eigenvalue weighted by Gasteiger charge is 2.35. The zero-order valence-electron chi connectivity index (χ0n) is 14.9. The van der Waals surface area contributed by atoms with Crippen molar-refractivity contribution in [2.75, 3.05) is 17.2 Å². The van der Waals surface area contributed by atoms with Gasteiger partial charge in [-0.2, -0.15) is 0 Å². The van der Waals surface area contributed by atoms with E-state index in [1.165, 1.54) is 11.0 Å². The van der Waals surface area contributed by atoms with Crippen LogP contribution in [0.2, 0.25) is 0 Å². The summed E-state index contributed by atoms with van der Waals surface area (Å²) < 4.78 is 0. The number of carbonyl (C=O) groups excluding carboxylic acids is 3. The molecule has 0 fully saturated rings. The molecule has 26 heavy (non-hydrogen) atoms. The largest absolute Gasteiger partial charge is 0.324 e. The van der Waals surface area contributed by atoms with Crippen LogP contribution in [-0.2, 0) is 0 Å². The Bertz CT molecular complexity index is 892. The van der Waals surface area contributed by atoms with E-state index in [1.807, 2.05) is 26.8 Å². The van der Waals surface area contributed by atoms with Gasteiger partial charge in [-0.25, -0.2) is 9.78 Å². The number of nitrogens with zero attached hydrogens (tertiary/aromatic N) is 2. The maximum Gasteiger partial charge on any atom is 0.324 e. The number of carbonyl (C=O) groups is 3. The van der Waals surface area contributed by atoms with Gasteiger partial charge in [0.25, 0.3) is 11.8 Å². The van der Waals surface area contributed by atoms with Crippen LogP contribution in [0.1, 0.15) is 40.1 Å². The van der Waals surface area contributed by atoms with Crippen LogP contribution < -0.4 is 10.6 Å². The van der Waals surface area contributed by atoms with Crippen molar-refractivity contribution in [3.8, 4) is 0 Å². The van der Waals surface area contributed by atoms with Crippen molar-refractivity contribution in [3.63, 3.8) is 0 Å². The van der Waals surface area contributed by atoms with Gasteiger partial charge in [-0.3, -0.25) is 19.8 Å². The Balaban J connectivity index is 1.74. The zero-order valence-corrected chi connectivity index (χ0v) is 14.9. The summed E-state index contributed by atoms with van der Waals surface area (Å²) in [6.07, 6.45) is 1.61. The highest BCUT2D eigenvalue weighted by atomic mass is 16.2. The van der Waals surface area contributed by atoms with Gasteiger partial charge in [0.15, 0.2) is 0 Å². The predicted octanol–water partition coefficient (Wildman–Crippen LogP) is 3.29. The number of nitrogens with one attached hydrogen (secondary N) is 2. The first-order valence-corrected chi connectivity index (χ1v) is 8.36. The minimum atomic E-state index is -0.473. The Labute approximate surface area is 151 Å². The van der Waals surface area contributed by atoms with E-state index in [2.05, 4.69) is 15.6 Å². The molecule has 0 radical (unpaired) electrons. The lowest BCUT2D eigenvalue weighted by molar-refractivity contribution is 0.0636. The van der Waals surface area contributed by atoms with Crippen molar-refractivity contribution in [3.05, 3.63) is 53.2 Å². The van der Waals surface area contributed by atoms with E-state index in [1.54, 1.807) is 24.4 Å². The highest BCUT2D eigenvalue weighted by molar-refractivity contribution is 6.22. The molecule has 2 aromatic rings. The predicted molar refractivity (Wildman–Crippen MR) is 98.3 cm³/mol. The Morgan fingerprint density at radius 1 is 1.08 bits per heavy atom. The van der Waals surface area contributed by atoms with Gasteiger partial charge >= 0.3 is 6.03 Å². The fourth-order valence-corrected chi connectivity index (χ4v) is 2.78. The van der Waals surface area contributed by atoms with Crippen molar-refractivity contribution >= 4 is 29.4 Å². The molecule has 2 heterocycles. The number of urea groups is 1. The fourth-order valence-electron chi connectivity index (χ4n) is 2.78. The number of amides is 4. The standard InChI is InChI=1S/C19H20N4O3/c1-11(2)10-23-17(24)14-5-4-13(9-15(14)18(23)25)21-19(26)22-16-8-12(3)6-7-20-16/h4-9,11H,10H2,1-3H3,(H2,20,21,22,26). The molecule has 0 aliphatic carbocycles. The van der Waals surface area contributed by atoms with Gasteiger partial charge in [0.1, 0.15) is 5.82 Å². The zero-order chi connectivity index (χ0) is 18.8. The summed E-state index contributed by atoms with van der Waals surface area (Å²) in [7, 11) is 0. The number of fused-ring (bicyclic) bond motifs is 1. The van der Waals surface area contributed by atoms with Crippen molar-refractivity contribution in [1.29, 1.82) is 0 Å². The van der Waals surface area contributed by atoms with E-state index in [0.29, 0.717) is 29.2 Å². The quantitative estimate of drug-likeness (QED) is 0.826. The molecule has 0 atom stereocenters. The SMILES string of the molecule is Cc1ccnc(NC(=O)Nc2ccc3c(c2)C(=O)N(CC(C)C)C3=O)c1. The number of hydrogen-bond donors (Lipinski definition) is 2. The van der Waals surface area contributed by atoms with Gasteiger partial charge in [0.05, 0.1) is 11.1 Å². The molecular formula is C19H20N4O3. The minimum Gasteiger partial charge on any atom is -0.308 e. The maximum absolute atomic E-state index is 12.5. The third-order valence-corrected chi connectivity index (χ3v) is 3.93. The molecule has 3 rings (SSSR count). The van der Waals surface area contributed by atoms with E-state index in [-0.39, 0.29) is 17.7 Å². The lowest BCUT2D eigenvalue weighted by atomic mass is 10.1. The van der Waals surface area contributed by atoms with Gasteiger partial charge in [0.2, 0.25) is 0 Å². The van der Waals surface area contributed by atoms with Crippen molar-refractivity contribution in [2.24, 2.45) is 5.92 Å². The molecular weight excluding hydrogens is 332 g/mol. The van der Waals surface area contributed by atoms with E-state index < -0.39 is 6.03 Å². The first-order chi connectivity index (χ1) is 12.3. The molecule has 0 saturated carbocycles. The van der Waals surface area contributed by atoms with Crippen LogP contribution in [-0.4, -0.2) is 34.3 Å². The molecule has 1 aliphatic heterocycles.